The van der Waals surface area contributed by atoms with Gasteiger partial charge in [-0.2, -0.15) is 0 Å². The third-order valence-corrected chi connectivity index (χ3v) is 4.48. The zero-order valence-electron chi connectivity index (χ0n) is 13.5. The molecule has 0 aromatic carbocycles. The summed E-state index contributed by atoms with van der Waals surface area (Å²) in [5.74, 6) is -0.813. The Hall–Kier alpha value is -2.44. The summed E-state index contributed by atoms with van der Waals surface area (Å²) in [6.45, 7) is 1.79. The molecule has 0 unspecified atom stereocenters. The van der Waals surface area contributed by atoms with Crippen molar-refractivity contribution < 1.29 is 14.4 Å². The molecule has 1 saturated heterocycles. The molecule has 0 bridgehead atoms. The molecule has 7 nitrogen and oxygen atoms in total. The highest BCUT2D eigenvalue weighted by Crippen LogP contribution is 2.19. The molecule has 1 aromatic heterocycles. The smallest absolute Gasteiger partial charge is 0.309 e. The summed E-state index contributed by atoms with van der Waals surface area (Å²) in [6.07, 6.45) is 6.77. The summed E-state index contributed by atoms with van der Waals surface area (Å²) in [7, 11) is 0. The van der Waals surface area contributed by atoms with Gasteiger partial charge in [0.1, 0.15) is 0 Å². The Labute approximate surface area is 140 Å². The standard InChI is InChI=1S/C17H22N4O3/c22-15(16(23)20-14-3-4-14)19-10-12-5-8-21(9-6-12)17(24)13-2-1-7-18-11-13/h1-2,7,11-12,14H,3-6,8-10H2,(H,19,22)(H,20,23). The van der Waals surface area contributed by atoms with Gasteiger partial charge in [0.05, 0.1) is 5.56 Å². The number of rotatable bonds is 4. The minimum absolute atomic E-state index is 0.00519. The van der Waals surface area contributed by atoms with E-state index in [-0.39, 0.29) is 11.9 Å². The quantitative estimate of drug-likeness (QED) is 0.778. The highest BCUT2D eigenvalue weighted by Gasteiger charge is 2.27. The molecule has 0 radical (unpaired) electrons. The second-order valence-corrected chi connectivity index (χ2v) is 6.44. The van der Waals surface area contributed by atoms with Crippen LogP contribution in [0.3, 0.4) is 0 Å². The minimum Gasteiger partial charge on any atom is -0.348 e. The highest BCUT2D eigenvalue weighted by molar-refractivity contribution is 6.35. The molecule has 2 N–H and O–H groups in total. The summed E-state index contributed by atoms with van der Waals surface area (Å²) in [5, 5.41) is 5.37. The molecule has 24 heavy (non-hydrogen) atoms. The number of amides is 3. The summed E-state index contributed by atoms with van der Waals surface area (Å²) in [6, 6.07) is 3.70. The first kappa shape index (κ1) is 16.4. The predicted octanol–water partition coefficient (Wildman–Crippen LogP) is 0.329. The molecule has 2 aliphatic rings. The van der Waals surface area contributed by atoms with Gasteiger partial charge in [-0.05, 0) is 43.7 Å². The number of likely N-dealkylation sites (tertiary alicyclic amines) is 1. The molecule has 128 valence electrons. The number of nitrogens with zero attached hydrogens (tertiary/aromatic N) is 2. The van der Waals surface area contributed by atoms with Crippen molar-refractivity contribution in [2.45, 2.75) is 31.7 Å². The topological polar surface area (TPSA) is 91.4 Å². The number of pyridine rings is 1. The van der Waals surface area contributed by atoms with E-state index in [1.165, 1.54) is 0 Å². The van der Waals surface area contributed by atoms with Crippen molar-refractivity contribution >= 4 is 17.7 Å². The molecule has 2 fully saturated rings. The molecular formula is C17H22N4O3. The van der Waals surface area contributed by atoms with Crippen molar-refractivity contribution in [2.24, 2.45) is 5.92 Å². The predicted molar refractivity (Wildman–Crippen MR) is 87.0 cm³/mol. The Bertz CT molecular complexity index is 608. The van der Waals surface area contributed by atoms with E-state index in [0.29, 0.717) is 31.1 Å². The lowest BCUT2D eigenvalue weighted by atomic mass is 9.96. The fraction of sp³-hybridized carbons (Fsp3) is 0.529. The van der Waals surface area contributed by atoms with Gasteiger partial charge in [-0.25, -0.2) is 0 Å². The first-order valence-corrected chi connectivity index (χ1v) is 8.41. The van der Waals surface area contributed by atoms with Gasteiger partial charge in [0.15, 0.2) is 0 Å². The van der Waals surface area contributed by atoms with Gasteiger partial charge in [0, 0.05) is 38.1 Å². The van der Waals surface area contributed by atoms with Crippen molar-refractivity contribution in [3.05, 3.63) is 30.1 Å². The van der Waals surface area contributed by atoms with E-state index in [1.54, 1.807) is 24.5 Å². The summed E-state index contributed by atoms with van der Waals surface area (Å²) < 4.78 is 0. The maximum Gasteiger partial charge on any atom is 0.309 e. The molecule has 0 atom stereocenters. The van der Waals surface area contributed by atoms with E-state index in [4.69, 9.17) is 0 Å². The van der Waals surface area contributed by atoms with Gasteiger partial charge in [0.25, 0.3) is 5.91 Å². The number of hydrogen-bond acceptors (Lipinski definition) is 4. The van der Waals surface area contributed by atoms with Crippen LogP contribution < -0.4 is 10.6 Å². The fourth-order valence-electron chi connectivity index (χ4n) is 2.81. The monoisotopic (exact) mass is 330 g/mol. The first-order chi connectivity index (χ1) is 11.6. The lowest BCUT2D eigenvalue weighted by molar-refractivity contribution is -0.139. The van der Waals surface area contributed by atoms with Gasteiger partial charge in [-0.1, -0.05) is 0 Å². The molecule has 0 spiro atoms. The summed E-state index contributed by atoms with van der Waals surface area (Å²) in [4.78, 5) is 41.4. The van der Waals surface area contributed by atoms with Crippen LogP contribution in [0.25, 0.3) is 0 Å². The SMILES string of the molecule is O=C(NCC1CCN(C(=O)c2cccnc2)CC1)C(=O)NC1CC1. The number of carbonyl (C=O) groups excluding carboxylic acids is 3. The summed E-state index contributed by atoms with van der Waals surface area (Å²) in [5.41, 5.74) is 0.598. The second-order valence-electron chi connectivity index (χ2n) is 6.44. The first-order valence-electron chi connectivity index (χ1n) is 8.41. The zero-order valence-corrected chi connectivity index (χ0v) is 13.5. The largest absolute Gasteiger partial charge is 0.348 e. The van der Waals surface area contributed by atoms with Crippen LogP contribution in [0.5, 0.6) is 0 Å². The van der Waals surface area contributed by atoms with E-state index in [2.05, 4.69) is 15.6 Å². The van der Waals surface area contributed by atoms with Crippen LogP contribution >= 0.6 is 0 Å². The molecule has 1 saturated carbocycles. The van der Waals surface area contributed by atoms with Crippen LogP contribution in [0.4, 0.5) is 0 Å². The molecular weight excluding hydrogens is 308 g/mol. The Balaban J connectivity index is 1.39. The van der Waals surface area contributed by atoms with Crippen LogP contribution in [0.15, 0.2) is 24.5 Å². The van der Waals surface area contributed by atoms with Crippen LogP contribution in [0.1, 0.15) is 36.0 Å². The molecule has 1 aliphatic heterocycles. The average molecular weight is 330 g/mol. The number of carbonyl (C=O) groups is 3. The van der Waals surface area contributed by atoms with Gasteiger partial charge in [-0.3, -0.25) is 19.4 Å². The van der Waals surface area contributed by atoms with Crippen molar-refractivity contribution in [3.63, 3.8) is 0 Å². The van der Waals surface area contributed by atoms with Crippen molar-refractivity contribution in [3.8, 4) is 0 Å². The van der Waals surface area contributed by atoms with Crippen LogP contribution in [0, 0.1) is 5.92 Å². The van der Waals surface area contributed by atoms with Gasteiger partial charge < -0.3 is 15.5 Å². The van der Waals surface area contributed by atoms with Gasteiger partial charge in [0.2, 0.25) is 0 Å². The fourth-order valence-corrected chi connectivity index (χ4v) is 2.81. The highest BCUT2D eigenvalue weighted by atomic mass is 16.2. The lowest BCUT2D eigenvalue weighted by Gasteiger charge is -2.32. The van der Waals surface area contributed by atoms with E-state index in [0.717, 1.165) is 25.7 Å². The normalized spacial score (nSPS) is 18.1. The van der Waals surface area contributed by atoms with E-state index in [9.17, 15) is 14.4 Å². The van der Waals surface area contributed by atoms with Gasteiger partial charge in [-0.15, -0.1) is 0 Å². The maximum absolute atomic E-state index is 12.3. The van der Waals surface area contributed by atoms with Crippen molar-refractivity contribution in [1.82, 2.24) is 20.5 Å². The molecule has 3 rings (SSSR count). The van der Waals surface area contributed by atoms with Crippen molar-refractivity contribution in [2.75, 3.05) is 19.6 Å². The van der Waals surface area contributed by atoms with Crippen LogP contribution in [-0.2, 0) is 9.59 Å². The van der Waals surface area contributed by atoms with Gasteiger partial charge >= 0.3 is 11.8 Å². The number of hydrogen-bond donors (Lipinski definition) is 2. The summed E-state index contributed by atoms with van der Waals surface area (Å²) >= 11 is 0. The minimum atomic E-state index is -0.559. The van der Waals surface area contributed by atoms with Crippen molar-refractivity contribution in [1.29, 1.82) is 0 Å². The van der Waals surface area contributed by atoms with Crippen LogP contribution in [-0.4, -0.2) is 53.3 Å². The number of nitrogens with one attached hydrogen (secondary N) is 2. The van der Waals surface area contributed by atoms with E-state index >= 15 is 0 Å². The molecule has 1 aliphatic carbocycles. The number of aromatic nitrogens is 1. The maximum atomic E-state index is 12.3. The zero-order chi connectivity index (χ0) is 16.9. The number of piperidine rings is 1. The lowest BCUT2D eigenvalue weighted by Crippen LogP contribution is -2.45. The average Bonchev–Trinajstić information content (AvgIpc) is 3.44. The molecule has 7 heteroatoms. The Morgan fingerprint density at radius 2 is 1.88 bits per heavy atom. The Morgan fingerprint density at radius 3 is 2.50 bits per heavy atom. The molecule has 1 aromatic rings. The third-order valence-electron chi connectivity index (χ3n) is 4.48. The second kappa shape index (κ2) is 7.42. The third kappa shape index (κ3) is 4.31. The Morgan fingerprint density at radius 1 is 1.12 bits per heavy atom. The Kier molecular flexibility index (Phi) is 5.08. The van der Waals surface area contributed by atoms with E-state index < -0.39 is 11.8 Å². The molecule has 3 amide bonds. The molecule has 2 heterocycles. The van der Waals surface area contributed by atoms with E-state index in [1.807, 2.05) is 4.90 Å². The van der Waals surface area contributed by atoms with Crippen LogP contribution in [0.2, 0.25) is 0 Å².